The maximum Gasteiger partial charge on any atom is 0.326 e. The van der Waals surface area contributed by atoms with Gasteiger partial charge in [0.15, 0.2) is 5.96 Å². The second-order valence-electron chi connectivity index (χ2n) is 21.4. The summed E-state index contributed by atoms with van der Waals surface area (Å²) in [7, 11) is 0. The monoisotopic (exact) mass is 1280 g/mol. The van der Waals surface area contributed by atoms with Crippen molar-refractivity contribution >= 4 is 82.9 Å². The number of amides is 11. The van der Waals surface area contributed by atoms with E-state index in [1.54, 1.807) is 20.8 Å². The van der Waals surface area contributed by atoms with Gasteiger partial charge < -0.3 is 112 Å². The third-order valence-electron chi connectivity index (χ3n) is 13.6. The van der Waals surface area contributed by atoms with Gasteiger partial charge in [-0.1, -0.05) is 46.2 Å². The van der Waals surface area contributed by atoms with Gasteiger partial charge in [0.05, 0.1) is 38.6 Å². The first-order valence-corrected chi connectivity index (χ1v) is 28.5. The number of aromatic nitrogens is 2. The van der Waals surface area contributed by atoms with Gasteiger partial charge in [0.25, 0.3) is 0 Å². The molecule has 500 valence electrons. The normalized spacial score (nSPS) is 15.0. The number of H-pyrrole nitrogens is 1. The topological polar surface area (TPSA) is 609 Å². The highest BCUT2D eigenvalue weighted by atomic mass is 16.4. The van der Waals surface area contributed by atoms with Crippen LogP contribution in [0.25, 0.3) is 0 Å². The Bertz CT molecular complexity index is 2800. The fraction of sp³-hybridized carbons (Fsp3) is 0.574. The number of imidazole rings is 1. The van der Waals surface area contributed by atoms with Crippen LogP contribution in [0, 0.1) is 11.8 Å². The zero-order valence-corrected chi connectivity index (χ0v) is 50.4. The van der Waals surface area contributed by atoms with E-state index in [4.69, 9.17) is 22.9 Å². The Kier molecular flexibility index (Phi) is 32.9. The van der Waals surface area contributed by atoms with Crippen LogP contribution < -0.4 is 76.1 Å². The van der Waals surface area contributed by atoms with Crippen LogP contribution in [0.3, 0.4) is 0 Å². The smallest absolute Gasteiger partial charge is 0.326 e. The molecule has 1 aromatic carbocycles. The minimum atomic E-state index is -2.05. The molecule has 0 aliphatic rings. The fourth-order valence-electron chi connectivity index (χ4n) is 8.30. The predicted octanol–water partition coefficient (Wildman–Crippen LogP) is -7.96. The van der Waals surface area contributed by atoms with Gasteiger partial charge in [0.1, 0.15) is 66.2 Å². The van der Waals surface area contributed by atoms with E-state index in [0.717, 1.165) is 0 Å². The summed E-state index contributed by atoms with van der Waals surface area (Å²) >= 11 is 0. The third-order valence-corrected chi connectivity index (χ3v) is 13.6. The van der Waals surface area contributed by atoms with Crippen LogP contribution in [0.4, 0.5) is 0 Å². The van der Waals surface area contributed by atoms with Crippen molar-refractivity contribution < 1.29 is 93.0 Å². The van der Waals surface area contributed by atoms with Crippen molar-refractivity contribution in [2.24, 2.45) is 39.8 Å². The molecule has 0 fully saturated rings. The summed E-state index contributed by atoms with van der Waals surface area (Å²) in [6.45, 7) is 4.44. The Labute approximate surface area is 516 Å². The number of nitrogens with zero attached hydrogens (tertiary/aromatic N) is 2. The number of carbonyl (C=O) groups excluding carboxylic acids is 11. The molecule has 2 aromatic rings. The number of aliphatic carboxylic acids is 2. The number of phenols is 1. The molecule has 11 amide bonds. The van der Waals surface area contributed by atoms with Gasteiger partial charge in [0.2, 0.25) is 65.0 Å². The molecule has 1 aromatic heterocycles. The lowest BCUT2D eigenvalue weighted by Gasteiger charge is -2.29. The zero-order valence-electron chi connectivity index (χ0n) is 50.4. The predicted molar refractivity (Wildman–Crippen MR) is 315 cm³/mol. The van der Waals surface area contributed by atoms with Crippen LogP contribution in [-0.2, 0) is 75.2 Å². The number of hydrogen-bond acceptors (Lipinski definition) is 20. The number of phenolic OH excluding ortho intramolecular Hbond substituents is 1. The fourth-order valence-corrected chi connectivity index (χ4v) is 8.30. The molecule has 1 heterocycles. The second kappa shape index (κ2) is 38.7. The Morgan fingerprint density at radius 2 is 1.04 bits per heavy atom. The van der Waals surface area contributed by atoms with Crippen LogP contribution in [0.15, 0.2) is 41.8 Å². The number of aliphatic hydroxyl groups excluding tert-OH is 3. The average molecular weight is 1280 g/mol. The first-order valence-electron chi connectivity index (χ1n) is 28.5. The molecule has 0 spiro atoms. The molecule has 36 heteroatoms. The Morgan fingerprint density at radius 1 is 0.567 bits per heavy atom. The maximum absolute atomic E-state index is 14.2. The van der Waals surface area contributed by atoms with Crippen molar-refractivity contribution in [1.29, 1.82) is 0 Å². The third kappa shape index (κ3) is 27.2. The van der Waals surface area contributed by atoms with E-state index in [1.807, 2.05) is 0 Å². The highest BCUT2D eigenvalue weighted by molar-refractivity contribution is 6.00. The van der Waals surface area contributed by atoms with Crippen LogP contribution in [0.2, 0.25) is 0 Å². The quantitative estimate of drug-likeness (QED) is 0.0167. The number of aliphatic imine (C=N–C) groups is 1. The van der Waals surface area contributed by atoms with Gasteiger partial charge in [0, 0.05) is 37.7 Å². The largest absolute Gasteiger partial charge is 0.508 e. The SMILES string of the molecule is CC[C@H](C)[C@H](NC(=O)[C@H](CO)NC(=O)[C@H](CCC(N)=O)NC(=O)[C@H](CO)NC(=O)[C@H](C)NC(=O)[C@@H](N)CCCN=C(N)N)C(=O)N[C@@H](CO)C(=O)N[C@@H](CC(=O)O)C(=O)N[C@@H](Cc1ccc(O)cc1)C(=O)N[C@@H](CC(C)C)C(=O)N[C@@H](Cc1cnc[nH]1)C(=O)O. The Balaban J connectivity index is 2.32. The van der Waals surface area contributed by atoms with E-state index >= 15 is 0 Å². The van der Waals surface area contributed by atoms with Crippen molar-refractivity contribution in [1.82, 2.24) is 63.1 Å². The molecule has 0 aliphatic heterocycles. The number of aliphatic hydroxyl groups is 3. The highest BCUT2D eigenvalue weighted by Crippen LogP contribution is 2.15. The molecule has 2 rings (SSSR count). The van der Waals surface area contributed by atoms with Crippen LogP contribution in [0.5, 0.6) is 5.75 Å². The molecule has 90 heavy (non-hydrogen) atoms. The van der Waals surface area contributed by atoms with Gasteiger partial charge in [-0.3, -0.25) is 62.5 Å². The lowest BCUT2D eigenvalue weighted by molar-refractivity contribution is -0.142. The summed E-state index contributed by atoms with van der Waals surface area (Å²) in [5, 5.41) is 83.3. The first kappa shape index (κ1) is 76.5. The highest BCUT2D eigenvalue weighted by Gasteiger charge is 2.37. The molecule has 0 bridgehead atoms. The number of carbonyl (C=O) groups is 13. The van der Waals surface area contributed by atoms with Gasteiger partial charge in [-0.25, -0.2) is 9.78 Å². The van der Waals surface area contributed by atoms with E-state index in [9.17, 15) is 93.0 Å². The number of aromatic hydroxyl groups is 1. The summed E-state index contributed by atoms with van der Waals surface area (Å²) in [5.74, 6) is -16.7. The molecule has 0 saturated heterocycles. The zero-order chi connectivity index (χ0) is 67.9. The maximum atomic E-state index is 14.2. The number of nitrogens with two attached hydrogens (primary N) is 4. The molecule has 36 nitrogen and oxygen atoms in total. The summed E-state index contributed by atoms with van der Waals surface area (Å²) in [6.07, 6.45) is 0.354. The van der Waals surface area contributed by atoms with Gasteiger partial charge in [-0.15, -0.1) is 0 Å². The summed E-state index contributed by atoms with van der Waals surface area (Å²) in [6, 6.07) is -12.8. The van der Waals surface area contributed by atoms with Crippen LogP contribution >= 0.6 is 0 Å². The number of carboxylic acid groups (broad SMARTS) is 2. The molecule has 0 aliphatic carbocycles. The van der Waals surface area contributed by atoms with Gasteiger partial charge >= 0.3 is 11.9 Å². The standard InChI is InChI=1S/C54H85N17O19/c1-6-26(4)42(71-51(87)39(23-74)69-45(81)32(13-14-40(56)76)63-49(85)37(21-72)68-43(79)27(5)62-44(80)31(55)8-7-15-60-54(57)58)52(88)70-38(22-73)50(86)66-35(19-41(77)78)48(84)65-34(17-28-9-11-30(75)12-10-28)47(83)64-33(16-25(2)3)46(82)67-36(53(89)90)18-29-20-59-24-61-29/h9-12,20,24-27,31-39,42,72-75H,6-8,13-19,21-23,55H2,1-5H3,(H2,56,76)(H,59,61)(H,62,80)(H,63,85)(H,64,83)(H,65,84)(H,66,86)(H,67,82)(H,68,79)(H,69,81)(H,70,88)(H,71,87)(H,77,78)(H,89,90)(H4,57,58,60)/t26-,27-,31-,32-,33-,34-,35-,36-,37-,38-,39-,42-/m0/s1. The summed E-state index contributed by atoms with van der Waals surface area (Å²) in [5.41, 5.74) is 22.4. The van der Waals surface area contributed by atoms with Crippen molar-refractivity contribution in [3.63, 3.8) is 0 Å². The minimum absolute atomic E-state index is 0.0467. The minimum Gasteiger partial charge on any atom is -0.508 e. The van der Waals surface area contributed by atoms with E-state index in [-0.39, 0.29) is 56.3 Å². The number of aromatic amines is 1. The lowest BCUT2D eigenvalue weighted by atomic mass is 9.97. The first-order chi connectivity index (χ1) is 42.3. The second-order valence-corrected chi connectivity index (χ2v) is 21.4. The number of primary amides is 1. The molecular formula is C54H85N17O19. The Hall–Kier alpha value is -9.55. The van der Waals surface area contributed by atoms with Crippen LogP contribution in [-0.4, -0.2) is 216 Å². The number of benzene rings is 1. The van der Waals surface area contributed by atoms with Crippen molar-refractivity contribution in [3.8, 4) is 5.75 Å². The van der Waals surface area contributed by atoms with Gasteiger partial charge in [-0.05, 0) is 62.1 Å². The van der Waals surface area contributed by atoms with E-state index in [2.05, 4.69) is 68.1 Å². The van der Waals surface area contributed by atoms with E-state index in [0.29, 0.717) is 17.7 Å². The Morgan fingerprint density at radius 3 is 1.56 bits per heavy atom. The molecule has 0 radical (unpaired) electrons. The summed E-state index contributed by atoms with van der Waals surface area (Å²) in [4.78, 5) is 183. The molecule has 12 atom stereocenters. The average Bonchev–Trinajstić information content (AvgIpc) is 1.80. The number of hydrogen-bond donors (Lipinski definition) is 21. The number of carboxylic acids is 2. The van der Waals surface area contributed by atoms with Crippen molar-refractivity contribution in [2.45, 2.75) is 159 Å². The lowest BCUT2D eigenvalue weighted by Crippen LogP contribution is -2.62. The number of nitrogens with one attached hydrogen (secondary N) is 11. The van der Waals surface area contributed by atoms with Gasteiger partial charge in [-0.2, -0.15) is 0 Å². The van der Waals surface area contributed by atoms with Crippen molar-refractivity contribution in [2.75, 3.05) is 26.4 Å². The molecule has 25 N–H and O–H groups in total. The van der Waals surface area contributed by atoms with Crippen molar-refractivity contribution in [3.05, 3.63) is 48.0 Å². The number of rotatable bonds is 41. The van der Waals surface area contributed by atoms with Crippen LogP contribution in [0.1, 0.15) is 90.8 Å². The molecular weight excluding hydrogens is 1190 g/mol. The van der Waals surface area contributed by atoms with E-state index in [1.165, 1.54) is 50.6 Å². The van der Waals surface area contributed by atoms with E-state index < -0.39 is 188 Å². The molecule has 0 unspecified atom stereocenters. The molecule has 0 saturated carbocycles. The number of guanidine groups is 1. The summed E-state index contributed by atoms with van der Waals surface area (Å²) < 4.78 is 0.